The molecule has 1 N–H and O–H groups in total. The molecule has 2 aliphatic carbocycles. The van der Waals surface area contributed by atoms with Gasteiger partial charge in [0.15, 0.2) is 0 Å². The number of hydrogen-bond acceptors (Lipinski definition) is 1. The molecule has 1 heterocycles. The Bertz CT molecular complexity index is 524. The van der Waals surface area contributed by atoms with Crippen molar-refractivity contribution in [1.29, 1.82) is 0 Å². The van der Waals surface area contributed by atoms with Gasteiger partial charge in [0.05, 0.1) is 6.10 Å². The van der Waals surface area contributed by atoms with Crippen molar-refractivity contribution in [3.63, 3.8) is 0 Å². The number of aromatic nitrogens is 1. The van der Waals surface area contributed by atoms with E-state index in [2.05, 4.69) is 45.3 Å². The zero-order valence-corrected chi connectivity index (χ0v) is 13.7. The first-order valence-electron chi connectivity index (χ1n) is 8.07. The van der Waals surface area contributed by atoms with Gasteiger partial charge in [-0.05, 0) is 55.9 Å². The van der Waals surface area contributed by atoms with Crippen molar-refractivity contribution in [3.8, 4) is 0 Å². The van der Waals surface area contributed by atoms with Gasteiger partial charge in [-0.3, -0.25) is 0 Å². The van der Waals surface area contributed by atoms with Crippen LogP contribution in [-0.2, 0) is 6.42 Å². The summed E-state index contributed by atoms with van der Waals surface area (Å²) in [6, 6.07) is 2.87. The largest absolute Gasteiger partial charge is 0.388 e. The third kappa shape index (κ3) is 2.32. The summed E-state index contributed by atoms with van der Waals surface area (Å²) in [5.41, 5.74) is 4.63. The highest BCUT2D eigenvalue weighted by atomic mass is 16.3. The molecule has 2 unspecified atom stereocenters. The molecule has 0 saturated heterocycles. The van der Waals surface area contributed by atoms with Crippen LogP contribution in [0.1, 0.15) is 82.5 Å². The van der Waals surface area contributed by atoms with Crippen molar-refractivity contribution >= 4 is 0 Å². The smallest absolute Gasteiger partial charge is 0.0812 e. The number of fused-ring (bicyclic) bond motifs is 1. The number of aryl methyl sites for hydroxylation is 1. The second kappa shape index (κ2) is 4.37. The molecule has 2 nitrogen and oxygen atoms in total. The standard InChI is InChI=1S/C18H29NO/c1-12-8-14-15(10-18(4,5)11-16(14)20)19(12)13-6-7-17(2,3)9-13/h8,13,16,20H,6-7,9-11H2,1-5H3. The predicted molar refractivity (Wildman–Crippen MR) is 82.9 cm³/mol. The minimum Gasteiger partial charge on any atom is -0.388 e. The van der Waals surface area contributed by atoms with Crippen LogP contribution in [0.15, 0.2) is 6.07 Å². The fourth-order valence-corrected chi connectivity index (χ4v) is 4.49. The van der Waals surface area contributed by atoms with E-state index < -0.39 is 0 Å². The van der Waals surface area contributed by atoms with Crippen molar-refractivity contribution < 1.29 is 5.11 Å². The monoisotopic (exact) mass is 275 g/mol. The maximum atomic E-state index is 10.5. The van der Waals surface area contributed by atoms with E-state index in [1.807, 2.05) is 0 Å². The Morgan fingerprint density at radius 3 is 2.45 bits per heavy atom. The molecule has 0 aromatic carbocycles. The number of nitrogens with zero attached hydrogens (tertiary/aromatic N) is 1. The summed E-state index contributed by atoms with van der Waals surface area (Å²) in [6.07, 6.45) is 5.58. The summed E-state index contributed by atoms with van der Waals surface area (Å²) in [6.45, 7) is 11.5. The summed E-state index contributed by atoms with van der Waals surface area (Å²) in [4.78, 5) is 0. The number of aliphatic hydroxyl groups excluding tert-OH is 1. The number of hydrogen-bond donors (Lipinski definition) is 1. The first-order valence-corrected chi connectivity index (χ1v) is 8.07. The van der Waals surface area contributed by atoms with Gasteiger partial charge in [0.2, 0.25) is 0 Å². The highest BCUT2D eigenvalue weighted by molar-refractivity contribution is 5.34. The fraction of sp³-hybridized carbons (Fsp3) is 0.778. The quantitative estimate of drug-likeness (QED) is 0.799. The Kier molecular flexibility index (Phi) is 3.10. The maximum Gasteiger partial charge on any atom is 0.0812 e. The van der Waals surface area contributed by atoms with Crippen LogP contribution < -0.4 is 0 Å². The molecule has 2 heteroatoms. The van der Waals surface area contributed by atoms with E-state index in [1.165, 1.54) is 36.2 Å². The van der Waals surface area contributed by atoms with Crippen molar-refractivity contribution in [2.24, 2.45) is 10.8 Å². The van der Waals surface area contributed by atoms with Gasteiger partial charge in [0, 0.05) is 23.0 Å². The van der Waals surface area contributed by atoms with Crippen LogP contribution in [0.2, 0.25) is 0 Å². The van der Waals surface area contributed by atoms with Gasteiger partial charge in [-0.2, -0.15) is 0 Å². The maximum absolute atomic E-state index is 10.5. The Balaban J connectivity index is 2.01. The normalized spacial score (nSPS) is 31.3. The lowest BCUT2D eigenvalue weighted by Gasteiger charge is -2.35. The van der Waals surface area contributed by atoms with Crippen LogP contribution in [-0.4, -0.2) is 9.67 Å². The second-order valence-electron chi connectivity index (χ2n) is 8.68. The van der Waals surface area contributed by atoms with Crippen LogP contribution in [0, 0.1) is 17.8 Å². The van der Waals surface area contributed by atoms with E-state index in [9.17, 15) is 5.11 Å². The van der Waals surface area contributed by atoms with Gasteiger partial charge in [-0.15, -0.1) is 0 Å². The molecule has 1 saturated carbocycles. The molecule has 112 valence electrons. The molecule has 3 rings (SSSR count). The van der Waals surface area contributed by atoms with Crippen molar-refractivity contribution in [2.45, 2.75) is 78.9 Å². The summed E-state index contributed by atoms with van der Waals surface area (Å²) < 4.78 is 2.56. The topological polar surface area (TPSA) is 25.2 Å². The zero-order chi connectivity index (χ0) is 14.7. The highest BCUT2D eigenvalue weighted by Crippen LogP contribution is 2.48. The van der Waals surface area contributed by atoms with Crippen molar-refractivity contribution in [1.82, 2.24) is 4.57 Å². The fourth-order valence-electron chi connectivity index (χ4n) is 4.49. The SMILES string of the molecule is Cc1cc2c(n1C1CCC(C)(C)C1)CC(C)(C)CC2O. The average Bonchev–Trinajstić information content (AvgIpc) is 2.77. The highest BCUT2D eigenvalue weighted by Gasteiger charge is 2.38. The average molecular weight is 275 g/mol. The van der Waals surface area contributed by atoms with Gasteiger partial charge >= 0.3 is 0 Å². The lowest BCUT2D eigenvalue weighted by molar-refractivity contribution is 0.0973. The first-order chi connectivity index (χ1) is 9.19. The van der Waals surface area contributed by atoms with Crippen molar-refractivity contribution in [3.05, 3.63) is 23.0 Å². The van der Waals surface area contributed by atoms with Crippen molar-refractivity contribution in [2.75, 3.05) is 0 Å². The van der Waals surface area contributed by atoms with Crippen LogP contribution >= 0.6 is 0 Å². The minimum absolute atomic E-state index is 0.211. The van der Waals surface area contributed by atoms with Gasteiger partial charge < -0.3 is 9.67 Å². The molecule has 1 fully saturated rings. The van der Waals surface area contributed by atoms with E-state index >= 15 is 0 Å². The Morgan fingerprint density at radius 1 is 1.15 bits per heavy atom. The molecule has 2 aliphatic rings. The van der Waals surface area contributed by atoms with Gasteiger partial charge in [0.1, 0.15) is 0 Å². The van der Waals surface area contributed by atoms with E-state index in [0.717, 1.165) is 12.8 Å². The van der Waals surface area contributed by atoms with Crippen LogP contribution in [0.5, 0.6) is 0 Å². The molecule has 0 aliphatic heterocycles. The molecule has 0 amide bonds. The van der Waals surface area contributed by atoms with E-state index in [4.69, 9.17) is 0 Å². The molecular formula is C18H29NO. The molecule has 2 atom stereocenters. The number of aliphatic hydroxyl groups is 1. The molecule has 1 aromatic heterocycles. The Labute approximate surface area is 123 Å². The third-order valence-electron chi connectivity index (χ3n) is 5.43. The van der Waals surface area contributed by atoms with Gasteiger partial charge in [-0.25, -0.2) is 0 Å². The lowest BCUT2D eigenvalue weighted by atomic mass is 9.75. The van der Waals surface area contributed by atoms with Gasteiger partial charge in [-0.1, -0.05) is 27.7 Å². The summed E-state index contributed by atoms with van der Waals surface area (Å²) >= 11 is 0. The minimum atomic E-state index is -0.275. The van der Waals surface area contributed by atoms with Crippen LogP contribution in [0.3, 0.4) is 0 Å². The Hall–Kier alpha value is -0.760. The molecule has 0 spiro atoms. The van der Waals surface area contributed by atoms with E-state index in [-0.39, 0.29) is 11.5 Å². The number of rotatable bonds is 1. The summed E-state index contributed by atoms with van der Waals surface area (Å²) in [5, 5.41) is 10.5. The second-order valence-corrected chi connectivity index (χ2v) is 8.68. The van der Waals surface area contributed by atoms with E-state index in [1.54, 1.807) is 0 Å². The molecule has 0 radical (unpaired) electrons. The molecular weight excluding hydrogens is 246 g/mol. The molecule has 0 bridgehead atoms. The lowest BCUT2D eigenvalue weighted by Crippen LogP contribution is -2.27. The Morgan fingerprint density at radius 2 is 1.85 bits per heavy atom. The summed E-state index contributed by atoms with van der Waals surface area (Å²) in [5.74, 6) is 0. The predicted octanol–water partition coefficient (Wildman–Crippen LogP) is 4.55. The molecule has 1 aromatic rings. The van der Waals surface area contributed by atoms with Gasteiger partial charge in [0.25, 0.3) is 0 Å². The first kappa shape index (κ1) is 14.2. The zero-order valence-electron chi connectivity index (χ0n) is 13.7. The third-order valence-corrected chi connectivity index (χ3v) is 5.43. The van der Waals surface area contributed by atoms with E-state index in [0.29, 0.717) is 11.5 Å². The molecule has 20 heavy (non-hydrogen) atoms. The van der Waals surface area contributed by atoms with Crippen LogP contribution in [0.25, 0.3) is 0 Å². The summed E-state index contributed by atoms with van der Waals surface area (Å²) in [7, 11) is 0. The van der Waals surface area contributed by atoms with Crippen LogP contribution in [0.4, 0.5) is 0 Å².